The minimum atomic E-state index is -0.155. The second-order valence-corrected chi connectivity index (χ2v) is 6.63. The minimum Gasteiger partial charge on any atom is -0.490 e. The van der Waals surface area contributed by atoms with Crippen LogP contribution in [0.4, 0.5) is 11.8 Å². The molecule has 0 saturated carbocycles. The molecule has 0 spiro atoms. The summed E-state index contributed by atoms with van der Waals surface area (Å²) < 4.78 is 10.5. The summed E-state index contributed by atoms with van der Waals surface area (Å²) in [7, 11) is 5.30. The van der Waals surface area contributed by atoms with Crippen LogP contribution in [0, 0.1) is 0 Å². The van der Waals surface area contributed by atoms with Gasteiger partial charge in [-0.05, 0) is 25.5 Å². The van der Waals surface area contributed by atoms with Crippen molar-refractivity contribution in [1.29, 1.82) is 0 Å². The van der Waals surface area contributed by atoms with Gasteiger partial charge in [0, 0.05) is 38.9 Å². The molecule has 1 unspecified atom stereocenters. The first-order valence-electron chi connectivity index (χ1n) is 8.70. The van der Waals surface area contributed by atoms with Crippen LogP contribution in [0.15, 0.2) is 33.8 Å². The first kappa shape index (κ1) is 18.2. The van der Waals surface area contributed by atoms with Gasteiger partial charge in [-0.3, -0.25) is 9.69 Å². The monoisotopic (exact) mass is 359 g/mol. The summed E-state index contributed by atoms with van der Waals surface area (Å²) in [6, 6.07) is 3.68. The zero-order valence-electron chi connectivity index (χ0n) is 15.4. The van der Waals surface area contributed by atoms with Crippen molar-refractivity contribution in [2.75, 3.05) is 44.5 Å². The molecule has 1 saturated heterocycles. The predicted molar refractivity (Wildman–Crippen MR) is 99.8 cm³/mol. The molecule has 2 aromatic heterocycles. The molecule has 1 atom stereocenters. The lowest BCUT2D eigenvalue weighted by atomic mass is 10.1. The second kappa shape index (κ2) is 8.18. The van der Waals surface area contributed by atoms with Crippen molar-refractivity contribution in [3.05, 3.63) is 40.6 Å². The lowest BCUT2D eigenvalue weighted by Gasteiger charge is -2.33. The summed E-state index contributed by atoms with van der Waals surface area (Å²) in [6.45, 7) is 2.43. The molecule has 0 aromatic carbocycles. The van der Waals surface area contributed by atoms with Gasteiger partial charge in [0.2, 0.25) is 17.1 Å². The minimum absolute atomic E-state index is 0.155. The quantitative estimate of drug-likeness (QED) is 0.832. The highest BCUT2D eigenvalue weighted by Gasteiger charge is 2.21. The van der Waals surface area contributed by atoms with Gasteiger partial charge in [0.05, 0.1) is 13.7 Å². The number of hydrogen-bond acceptors (Lipinski definition) is 8. The number of rotatable bonds is 6. The summed E-state index contributed by atoms with van der Waals surface area (Å²) in [5, 5.41) is 3.49. The number of nitrogens with zero attached hydrogens (tertiary/aromatic N) is 4. The number of piperidine rings is 1. The third kappa shape index (κ3) is 4.51. The second-order valence-electron chi connectivity index (χ2n) is 6.63. The summed E-state index contributed by atoms with van der Waals surface area (Å²) >= 11 is 0. The molecule has 8 heteroatoms. The van der Waals surface area contributed by atoms with Gasteiger partial charge >= 0.3 is 0 Å². The fourth-order valence-corrected chi connectivity index (χ4v) is 3.06. The number of aromatic nitrogens is 2. The first-order valence-corrected chi connectivity index (χ1v) is 8.70. The Morgan fingerprint density at radius 1 is 1.46 bits per heavy atom. The highest BCUT2D eigenvalue weighted by molar-refractivity contribution is 5.41. The van der Waals surface area contributed by atoms with Crippen molar-refractivity contribution >= 4 is 11.8 Å². The van der Waals surface area contributed by atoms with Gasteiger partial charge < -0.3 is 19.4 Å². The lowest BCUT2D eigenvalue weighted by Crippen LogP contribution is -2.41. The van der Waals surface area contributed by atoms with Gasteiger partial charge in [-0.25, -0.2) is 4.98 Å². The van der Waals surface area contributed by atoms with Gasteiger partial charge in [0.1, 0.15) is 17.8 Å². The number of ether oxygens (including phenoxy) is 1. The van der Waals surface area contributed by atoms with E-state index in [2.05, 4.69) is 20.2 Å². The number of anilines is 2. The Labute approximate surface area is 152 Å². The van der Waals surface area contributed by atoms with E-state index in [0.717, 1.165) is 31.7 Å². The van der Waals surface area contributed by atoms with Crippen molar-refractivity contribution in [1.82, 2.24) is 14.9 Å². The van der Waals surface area contributed by atoms with Crippen LogP contribution >= 0.6 is 0 Å². The molecular weight excluding hydrogens is 334 g/mol. The zero-order valence-corrected chi connectivity index (χ0v) is 15.4. The third-order valence-electron chi connectivity index (χ3n) is 4.35. The zero-order chi connectivity index (χ0) is 18.5. The molecule has 3 rings (SSSR count). The summed E-state index contributed by atoms with van der Waals surface area (Å²) in [6.07, 6.45) is 5.28. The van der Waals surface area contributed by atoms with Crippen molar-refractivity contribution in [2.45, 2.75) is 25.4 Å². The Morgan fingerprint density at radius 2 is 2.31 bits per heavy atom. The van der Waals surface area contributed by atoms with Crippen molar-refractivity contribution < 1.29 is 9.15 Å². The Morgan fingerprint density at radius 3 is 3.04 bits per heavy atom. The van der Waals surface area contributed by atoms with E-state index >= 15 is 0 Å². The predicted octanol–water partition coefficient (Wildman–Crippen LogP) is 1.58. The number of methoxy groups -OCH3 is 1. The van der Waals surface area contributed by atoms with Gasteiger partial charge in [-0.15, -0.1) is 0 Å². The highest BCUT2D eigenvalue weighted by Crippen LogP contribution is 2.18. The Kier molecular flexibility index (Phi) is 5.72. The molecule has 1 N–H and O–H groups in total. The van der Waals surface area contributed by atoms with Crippen LogP contribution in [-0.2, 0) is 6.54 Å². The Balaban J connectivity index is 1.61. The smallest absolute Gasteiger partial charge is 0.227 e. The molecule has 8 nitrogen and oxygen atoms in total. The van der Waals surface area contributed by atoms with E-state index in [0.29, 0.717) is 24.3 Å². The van der Waals surface area contributed by atoms with Crippen LogP contribution < -0.4 is 20.4 Å². The molecule has 0 bridgehead atoms. The van der Waals surface area contributed by atoms with Gasteiger partial charge in [0.25, 0.3) is 0 Å². The first-order chi connectivity index (χ1) is 12.5. The highest BCUT2D eigenvalue weighted by atomic mass is 16.5. The molecule has 0 radical (unpaired) electrons. The summed E-state index contributed by atoms with van der Waals surface area (Å²) in [5.41, 5.74) is -0.155. The molecule has 140 valence electrons. The van der Waals surface area contributed by atoms with E-state index in [4.69, 9.17) is 9.15 Å². The fraction of sp³-hybridized carbons (Fsp3) is 0.500. The van der Waals surface area contributed by atoms with Crippen molar-refractivity contribution in [3.8, 4) is 5.75 Å². The van der Waals surface area contributed by atoms with Crippen molar-refractivity contribution in [3.63, 3.8) is 0 Å². The van der Waals surface area contributed by atoms with Crippen LogP contribution in [0.1, 0.15) is 18.6 Å². The molecule has 0 amide bonds. The van der Waals surface area contributed by atoms with E-state index in [-0.39, 0.29) is 11.2 Å². The molecule has 3 heterocycles. The SMILES string of the molecule is COc1coc(CN2CCCC(Nc3ccnc(N(C)C)n3)C2)cc1=O. The number of likely N-dealkylation sites (tertiary alicyclic amines) is 1. The van der Waals surface area contributed by atoms with E-state index in [1.54, 1.807) is 6.20 Å². The molecule has 1 aliphatic heterocycles. The van der Waals surface area contributed by atoms with E-state index < -0.39 is 0 Å². The largest absolute Gasteiger partial charge is 0.490 e. The van der Waals surface area contributed by atoms with Crippen LogP contribution in [0.5, 0.6) is 5.75 Å². The van der Waals surface area contributed by atoms with Crippen LogP contribution in [0.25, 0.3) is 0 Å². The van der Waals surface area contributed by atoms with E-state index in [9.17, 15) is 4.79 Å². The Hall–Kier alpha value is -2.61. The van der Waals surface area contributed by atoms with Gasteiger partial charge in [-0.1, -0.05) is 0 Å². The van der Waals surface area contributed by atoms with E-state index in [1.807, 2.05) is 25.1 Å². The van der Waals surface area contributed by atoms with Crippen LogP contribution in [0.3, 0.4) is 0 Å². The number of hydrogen-bond donors (Lipinski definition) is 1. The number of nitrogens with one attached hydrogen (secondary N) is 1. The summed E-state index contributed by atoms with van der Waals surface area (Å²) in [5.74, 6) is 2.38. The normalized spacial score (nSPS) is 17.7. The molecule has 1 aliphatic rings. The third-order valence-corrected chi connectivity index (χ3v) is 4.35. The molecular formula is C18H25N5O3. The van der Waals surface area contributed by atoms with Crippen molar-refractivity contribution in [2.24, 2.45) is 0 Å². The van der Waals surface area contributed by atoms with Crippen LogP contribution in [0.2, 0.25) is 0 Å². The maximum Gasteiger partial charge on any atom is 0.227 e. The fourth-order valence-electron chi connectivity index (χ4n) is 3.06. The average Bonchev–Trinajstić information content (AvgIpc) is 2.62. The van der Waals surface area contributed by atoms with Gasteiger partial charge in [0.15, 0.2) is 0 Å². The maximum absolute atomic E-state index is 11.9. The Bertz CT molecular complexity index is 792. The maximum atomic E-state index is 11.9. The molecule has 2 aromatic rings. The van der Waals surface area contributed by atoms with E-state index in [1.165, 1.54) is 19.4 Å². The topological polar surface area (TPSA) is 83.7 Å². The van der Waals surface area contributed by atoms with Gasteiger partial charge in [-0.2, -0.15) is 4.98 Å². The molecule has 1 fully saturated rings. The molecule has 26 heavy (non-hydrogen) atoms. The standard InChI is InChI=1S/C18H25N5O3/c1-22(2)18-19-7-6-17(21-18)20-13-5-4-8-23(10-13)11-14-9-15(24)16(25-3)12-26-14/h6-7,9,12-13H,4-5,8,10-11H2,1-3H3,(H,19,20,21). The summed E-state index contributed by atoms with van der Waals surface area (Å²) in [4.78, 5) is 24.8. The average molecular weight is 359 g/mol. The molecule has 0 aliphatic carbocycles. The van der Waals surface area contributed by atoms with Crippen LogP contribution in [-0.4, -0.2) is 55.2 Å². The lowest BCUT2D eigenvalue weighted by molar-refractivity contribution is 0.192.